The number of alkyl halides is 1. The summed E-state index contributed by atoms with van der Waals surface area (Å²) in [5.74, 6) is 0.933. The largest absolute Gasteiger partial charge is 0.492 e. The molecule has 0 N–H and O–H groups in total. The second-order valence-electron chi connectivity index (χ2n) is 3.29. The van der Waals surface area contributed by atoms with E-state index in [2.05, 4.69) is 15.9 Å². The lowest BCUT2D eigenvalue weighted by atomic mass is 10.0. The molecule has 0 saturated carbocycles. The van der Waals surface area contributed by atoms with E-state index >= 15 is 0 Å². The summed E-state index contributed by atoms with van der Waals surface area (Å²) in [6, 6.07) is 5.85. The van der Waals surface area contributed by atoms with Crippen LogP contribution in [0.1, 0.15) is 22.3 Å². The van der Waals surface area contributed by atoms with Crippen LogP contribution in [-0.2, 0) is 6.42 Å². The monoisotopic (exact) mass is 254 g/mol. The van der Waals surface area contributed by atoms with Crippen molar-refractivity contribution in [1.82, 2.24) is 0 Å². The fraction of sp³-hybridized carbons (Fsp3) is 0.364. The molecule has 14 heavy (non-hydrogen) atoms. The molecule has 2 rings (SSSR count). The maximum absolute atomic E-state index is 11.6. The zero-order valence-corrected chi connectivity index (χ0v) is 9.34. The third-order valence-corrected chi connectivity index (χ3v) is 2.71. The summed E-state index contributed by atoms with van der Waals surface area (Å²) in [5, 5.41) is 0.917. The van der Waals surface area contributed by atoms with Crippen LogP contribution < -0.4 is 4.74 Å². The zero-order chi connectivity index (χ0) is 9.97. The van der Waals surface area contributed by atoms with Gasteiger partial charge in [0.25, 0.3) is 0 Å². The van der Waals surface area contributed by atoms with Crippen LogP contribution in [0.4, 0.5) is 0 Å². The van der Waals surface area contributed by atoms with Crippen molar-refractivity contribution in [3.05, 3.63) is 29.3 Å². The number of benzene rings is 1. The van der Waals surface area contributed by atoms with Crippen LogP contribution in [-0.4, -0.2) is 17.7 Å². The van der Waals surface area contributed by atoms with Gasteiger partial charge in [0.2, 0.25) is 0 Å². The zero-order valence-electron chi connectivity index (χ0n) is 7.75. The molecule has 1 aromatic carbocycles. The molecular weight excluding hydrogens is 244 g/mol. The molecule has 1 aliphatic heterocycles. The lowest BCUT2D eigenvalue weighted by Gasteiger charge is -2.16. The normalized spacial score (nSPS) is 14.8. The number of rotatable bonds is 2. The first-order valence-electron chi connectivity index (χ1n) is 4.66. The van der Waals surface area contributed by atoms with Crippen LogP contribution in [0.25, 0.3) is 0 Å². The number of hydrogen-bond acceptors (Lipinski definition) is 2. The first-order chi connectivity index (χ1) is 6.81. The predicted molar refractivity (Wildman–Crippen MR) is 58.4 cm³/mol. The minimum atomic E-state index is 0.197. The van der Waals surface area contributed by atoms with Gasteiger partial charge in [-0.1, -0.05) is 22.0 Å². The highest BCUT2D eigenvalue weighted by molar-refractivity contribution is 9.09. The second-order valence-corrected chi connectivity index (χ2v) is 4.08. The molecule has 1 heterocycles. The van der Waals surface area contributed by atoms with Gasteiger partial charge in [0.15, 0.2) is 5.78 Å². The van der Waals surface area contributed by atoms with Crippen LogP contribution in [0, 0.1) is 0 Å². The smallest absolute Gasteiger partial charge is 0.170 e. The van der Waals surface area contributed by atoms with Gasteiger partial charge < -0.3 is 4.74 Å². The third-order valence-electron chi connectivity index (χ3n) is 2.31. The molecule has 0 bridgehead atoms. The maximum Gasteiger partial charge on any atom is 0.170 e. The molecule has 0 spiro atoms. The molecule has 0 saturated heterocycles. The van der Waals surface area contributed by atoms with Crippen molar-refractivity contribution >= 4 is 21.7 Å². The quantitative estimate of drug-likeness (QED) is 0.759. The van der Waals surface area contributed by atoms with E-state index in [0.29, 0.717) is 13.0 Å². The van der Waals surface area contributed by atoms with Gasteiger partial charge in [-0.3, -0.25) is 4.79 Å². The molecule has 1 aromatic rings. The van der Waals surface area contributed by atoms with Crippen molar-refractivity contribution < 1.29 is 9.53 Å². The Kier molecular flexibility index (Phi) is 2.87. The molecule has 0 aromatic heterocycles. The molecular formula is C11H11BrO2. The Morgan fingerprint density at radius 1 is 1.43 bits per heavy atom. The SMILES string of the molecule is O=C1CCOc2ccc(CCBr)cc21. The number of Topliss-reactive ketones (excluding diaryl/α,β-unsaturated/α-hetero) is 1. The second kappa shape index (κ2) is 4.13. The molecule has 0 aliphatic carbocycles. The van der Waals surface area contributed by atoms with Crippen LogP contribution in [0.15, 0.2) is 18.2 Å². The summed E-state index contributed by atoms with van der Waals surface area (Å²) in [4.78, 5) is 11.6. The van der Waals surface area contributed by atoms with E-state index in [1.807, 2.05) is 18.2 Å². The molecule has 2 nitrogen and oxygen atoms in total. The maximum atomic E-state index is 11.6. The Bertz CT molecular complexity index is 360. The molecule has 3 heteroatoms. The third kappa shape index (κ3) is 1.82. The Labute approximate surface area is 91.4 Å². The van der Waals surface area contributed by atoms with Crippen molar-refractivity contribution in [2.45, 2.75) is 12.8 Å². The number of halogens is 1. The fourth-order valence-corrected chi connectivity index (χ4v) is 2.03. The number of carbonyl (C=O) groups is 1. The van der Waals surface area contributed by atoms with Gasteiger partial charge in [0.05, 0.1) is 12.2 Å². The summed E-state index contributed by atoms with van der Waals surface area (Å²) in [6.45, 7) is 0.517. The average molecular weight is 255 g/mol. The lowest BCUT2D eigenvalue weighted by Crippen LogP contribution is -2.15. The van der Waals surface area contributed by atoms with E-state index in [4.69, 9.17) is 4.74 Å². The van der Waals surface area contributed by atoms with Crippen LogP contribution >= 0.6 is 15.9 Å². The van der Waals surface area contributed by atoms with E-state index < -0.39 is 0 Å². The molecule has 74 valence electrons. The summed E-state index contributed by atoms with van der Waals surface area (Å²) >= 11 is 3.38. The first-order valence-corrected chi connectivity index (χ1v) is 5.78. The van der Waals surface area contributed by atoms with Crippen LogP contribution in [0.3, 0.4) is 0 Å². The van der Waals surface area contributed by atoms with E-state index in [0.717, 1.165) is 23.1 Å². The summed E-state index contributed by atoms with van der Waals surface area (Å²) in [7, 11) is 0. The van der Waals surface area contributed by atoms with Crippen molar-refractivity contribution in [3.8, 4) is 5.75 Å². The standard InChI is InChI=1S/C11H11BrO2/c12-5-3-8-1-2-11-9(7-8)10(13)4-6-14-11/h1-2,7H,3-6H2. The molecule has 0 fully saturated rings. The number of fused-ring (bicyclic) bond motifs is 1. The molecule has 0 unspecified atom stereocenters. The van der Waals surface area contributed by atoms with Gasteiger partial charge in [0, 0.05) is 11.8 Å². The Balaban J connectivity index is 2.36. The topological polar surface area (TPSA) is 26.3 Å². The highest BCUT2D eigenvalue weighted by Crippen LogP contribution is 2.25. The summed E-state index contributed by atoms with van der Waals surface area (Å²) in [5.41, 5.74) is 1.93. The van der Waals surface area contributed by atoms with Gasteiger partial charge in [-0.05, 0) is 24.1 Å². The highest BCUT2D eigenvalue weighted by Gasteiger charge is 2.18. The molecule has 0 radical (unpaired) electrons. The first kappa shape index (κ1) is 9.71. The number of ketones is 1. The van der Waals surface area contributed by atoms with Gasteiger partial charge in [-0.25, -0.2) is 0 Å². The number of hydrogen-bond donors (Lipinski definition) is 0. The minimum absolute atomic E-state index is 0.197. The van der Waals surface area contributed by atoms with Gasteiger partial charge in [0.1, 0.15) is 5.75 Å². The van der Waals surface area contributed by atoms with Crippen molar-refractivity contribution in [3.63, 3.8) is 0 Å². The lowest BCUT2D eigenvalue weighted by molar-refractivity contribution is 0.0933. The van der Waals surface area contributed by atoms with Gasteiger partial charge >= 0.3 is 0 Å². The van der Waals surface area contributed by atoms with E-state index in [1.165, 1.54) is 5.56 Å². The Morgan fingerprint density at radius 3 is 3.07 bits per heavy atom. The Morgan fingerprint density at radius 2 is 2.29 bits per heavy atom. The number of aryl methyl sites for hydroxylation is 1. The van der Waals surface area contributed by atoms with Crippen LogP contribution in [0.5, 0.6) is 5.75 Å². The number of carbonyl (C=O) groups excluding carboxylic acids is 1. The fourth-order valence-electron chi connectivity index (χ4n) is 1.57. The van der Waals surface area contributed by atoms with Crippen molar-refractivity contribution in [2.75, 3.05) is 11.9 Å². The van der Waals surface area contributed by atoms with E-state index in [1.54, 1.807) is 0 Å². The van der Waals surface area contributed by atoms with Crippen molar-refractivity contribution in [2.24, 2.45) is 0 Å². The van der Waals surface area contributed by atoms with Gasteiger partial charge in [-0.15, -0.1) is 0 Å². The van der Waals surface area contributed by atoms with Crippen molar-refractivity contribution in [1.29, 1.82) is 0 Å². The minimum Gasteiger partial charge on any atom is -0.492 e. The Hall–Kier alpha value is -0.830. The highest BCUT2D eigenvalue weighted by atomic mass is 79.9. The number of ether oxygens (including phenoxy) is 1. The predicted octanol–water partition coefficient (Wildman–Crippen LogP) is 2.59. The summed E-state index contributed by atoms with van der Waals surface area (Å²) in [6.07, 6.45) is 1.45. The van der Waals surface area contributed by atoms with E-state index in [-0.39, 0.29) is 5.78 Å². The molecule has 0 atom stereocenters. The van der Waals surface area contributed by atoms with Gasteiger partial charge in [-0.2, -0.15) is 0 Å². The summed E-state index contributed by atoms with van der Waals surface area (Å²) < 4.78 is 5.39. The molecule has 1 aliphatic rings. The average Bonchev–Trinajstić information content (AvgIpc) is 2.20. The van der Waals surface area contributed by atoms with E-state index in [9.17, 15) is 4.79 Å². The van der Waals surface area contributed by atoms with Crippen LogP contribution in [0.2, 0.25) is 0 Å². The molecule has 0 amide bonds.